The summed E-state index contributed by atoms with van der Waals surface area (Å²) < 4.78 is 0. The zero-order chi connectivity index (χ0) is 3.33. The summed E-state index contributed by atoms with van der Waals surface area (Å²) in [6.45, 7) is 0. The maximum atomic E-state index is 1.74. The monoisotopic (exact) mass is 287 g/mol. The molecule has 2 heterocycles. The third-order valence-corrected chi connectivity index (χ3v) is 9.91. The van der Waals surface area contributed by atoms with Crippen molar-refractivity contribution in [2.45, 2.75) is 19.2 Å². The van der Waals surface area contributed by atoms with Crippen LogP contribution in [0.3, 0.4) is 0 Å². The summed E-state index contributed by atoms with van der Waals surface area (Å²) in [5.41, 5.74) is 0. The number of hydrogen-bond acceptors (Lipinski definition) is 0. The summed E-state index contributed by atoms with van der Waals surface area (Å²) in [5.74, 6) is 0. The average Bonchev–Trinajstić information content (AvgIpc) is 2.17. The Morgan fingerprint density at radius 1 is 0.833 bits per heavy atom. The third-order valence-electron chi connectivity index (χ3n) is 1.21. The van der Waals surface area contributed by atoms with E-state index in [4.69, 9.17) is 0 Å². The summed E-state index contributed by atoms with van der Waals surface area (Å²) in [6, 6.07) is 0. The van der Waals surface area contributed by atoms with E-state index in [0.29, 0.717) is 0 Å². The topological polar surface area (TPSA) is 0 Å². The molecule has 2 aliphatic rings. The Hall–Kier alpha value is 0.978. The molecule has 6 heavy (non-hydrogen) atoms. The van der Waals surface area contributed by atoms with Gasteiger partial charge in [0.05, 0.1) is 0 Å². The molecule has 2 fully saturated rings. The number of halogens is 1. The van der Waals surface area contributed by atoms with Gasteiger partial charge < -0.3 is 0 Å². The quantitative estimate of drug-likeness (QED) is 0.641. The molecule has 0 nitrogen and oxygen atoms in total. The van der Waals surface area contributed by atoms with Crippen molar-refractivity contribution in [2.24, 2.45) is 0 Å². The fourth-order valence-electron chi connectivity index (χ4n) is 0.458. The minimum atomic E-state index is -0.444. The molecule has 2 saturated heterocycles. The molecule has 0 aromatic heterocycles. The Morgan fingerprint density at radius 2 is 1.17 bits per heavy atom. The number of hydrogen-bond donors (Lipinski definition) is 0. The first kappa shape index (κ1) is 5.12. The van der Waals surface area contributed by atoms with Crippen LogP contribution in [-0.4, -0.2) is 0 Å². The summed E-state index contributed by atoms with van der Waals surface area (Å²) in [7, 11) is 0. The Kier molecular flexibility index (Phi) is 1.05. The maximum absolute atomic E-state index is 1.74. The van der Waals surface area contributed by atoms with E-state index in [1.165, 1.54) is 0 Å². The van der Waals surface area contributed by atoms with Crippen LogP contribution in [0.15, 0.2) is 0 Å². The van der Waals surface area contributed by atoms with Crippen LogP contribution >= 0.6 is 12.4 Å². The van der Waals surface area contributed by atoms with E-state index in [9.17, 15) is 0 Å². The molecular weight excluding hydrogens is 279 g/mol. The first-order chi connectivity index (χ1) is 2.41. The first-order valence-electron chi connectivity index (χ1n) is 1.89. The van der Waals surface area contributed by atoms with Gasteiger partial charge in [-0.2, -0.15) is 0 Å². The minimum absolute atomic E-state index is 0. The van der Waals surface area contributed by atoms with Gasteiger partial charge in [0.25, 0.3) is 0 Å². The van der Waals surface area contributed by atoms with Gasteiger partial charge in [0.15, 0.2) is 0 Å². The average molecular weight is 288 g/mol. The van der Waals surface area contributed by atoms with Crippen LogP contribution in [0.1, 0.15) is 0 Å². The predicted molar refractivity (Wildman–Crippen MR) is 26.5 cm³/mol. The third kappa shape index (κ3) is 0.654. The van der Waals surface area contributed by atoms with Crippen LogP contribution in [0.2, 0.25) is 19.2 Å². The molecule has 1 spiro atoms. The van der Waals surface area contributed by atoms with Gasteiger partial charge in [0, 0.05) is 0 Å². The van der Waals surface area contributed by atoms with Crippen molar-refractivity contribution in [3.8, 4) is 0 Å². The molecule has 2 heteroatoms. The zero-order valence-electron chi connectivity index (χ0n) is 3.55. The Balaban J connectivity index is 0.000000180. The van der Waals surface area contributed by atoms with Crippen molar-refractivity contribution in [2.75, 3.05) is 0 Å². The Labute approximate surface area is 47.9 Å². The molecule has 0 radical (unpaired) electrons. The fourth-order valence-corrected chi connectivity index (χ4v) is 12.1. The second kappa shape index (κ2) is 1.23. The van der Waals surface area contributed by atoms with Crippen molar-refractivity contribution in [1.82, 2.24) is 0 Å². The summed E-state index contributed by atoms with van der Waals surface area (Å²) in [4.78, 5) is 6.97. The molecule has 0 amide bonds. The van der Waals surface area contributed by atoms with Crippen molar-refractivity contribution in [3.63, 3.8) is 0 Å². The molecule has 2 rings (SSSR count). The van der Waals surface area contributed by atoms with Gasteiger partial charge in [-0.05, 0) is 0 Å². The Bertz CT molecular complexity index is 50.4. The molecule has 0 saturated carbocycles. The Morgan fingerprint density at radius 3 is 1.17 bits per heavy atom. The SMILES string of the molecule is Cl.[CH2]1[CH2][Pt]12[CH2][CH2]2. The predicted octanol–water partition coefficient (Wildman–Crippen LogP) is 2.26. The summed E-state index contributed by atoms with van der Waals surface area (Å²) in [6.07, 6.45) is 0. The molecule has 0 atom stereocenters. The molecule has 0 aromatic rings. The van der Waals surface area contributed by atoms with Gasteiger partial charge in [0.2, 0.25) is 0 Å². The second-order valence-corrected chi connectivity index (χ2v) is 12.9. The van der Waals surface area contributed by atoms with Crippen molar-refractivity contribution < 1.29 is 16.1 Å². The van der Waals surface area contributed by atoms with E-state index >= 15 is 0 Å². The van der Waals surface area contributed by atoms with Crippen molar-refractivity contribution in [1.29, 1.82) is 0 Å². The molecule has 0 N–H and O–H groups in total. The molecule has 2 aliphatic heterocycles. The van der Waals surface area contributed by atoms with Crippen LogP contribution in [0.25, 0.3) is 0 Å². The molecular formula is C4H9ClPt. The van der Waals surface area contributed by atoms with Gasteiger partial charge in [-0.3, -0.25) is 0 Å². The van der Waals surface area contributed by atoms with E-state index < -0.39 is 16.1 Å². The van der Waals surface area contributed by atoms with Gasteiger partial charge >= 0.3 is 35.3 Å². The van der Waals surface area contributed by atoms with Gasteiger partial charge in [-0.15, -0.1) is 12.4 Å². The van der Waals surface area contributed by atoms with Gasteiger partial charge in [-0.25, -0.2) is 0 Å². The van der Waals surface area contributed by atoms with Crippen LogP contribution in [0.5, 0.6) is 0 Å². The van der Waals surface area contributed by atoms with E-state index in [1.807, 2.05) is 0 Å². The van der Waals surface area contributed by atoms with Crippen LogP contribution in [-0.2, 0) is 16.1 Å². The molecule has 0 bridgehead atoms. The fraction of sp³-hybridized carbons (Fsp3) is 1.00. The van der Waals surface area contributed by atoms with E-state index in [0.717, 1.165) is 0 Å². The van der Waals surface area contributed by atoms with E-state index in [-0.39, 0.29) is 12.4 Å². The number of rotatable bonds is 0. The molecule has 0 aliphatic carbocycles. The van der Waals surface area contributed by atoms with E-state index in [1.54, 1.807) is 19.2 Å². The summed E-state index contributed by atoms with van der Waals surface area (Å²) in [5, 5.41) is 0. The van der Waals surface area contributed by atoms with Gasteiger partial charge in [0.1, 0.15) is 0 Å². The normalized spacial score (nSPS) is 37.3. The molecule has 0 aromatic carbocycles. The zero-order valence-corrected chi connectivity index (χ0v) is 6.64. The molecule has 0 unspecified atom stereocenters. The summed E-state index contributed by atoms with van der Waals surface area (Å²) >= 11 is -0.444. The molecule has 42 valence electrons. The van der Waals surface area contributed by atoms with E-state index in [2.05, 4.69) is 0 Å². The van der Waals surface area contributed by atoms with Crippen molar-refractivity contribution in [3.05, 3.63) is 0 Å². The standard InChI is InChI=1S/2C2H4.ClH.Pt/c2*1-2;;/h2*1-2H2;1H;. The second-order valence-electron chi connectivity index (χ2n) is 1.58. The van der Waals surface area contributed by atoms with Crippen LogP contribution in [0, 0.1) is 0 Å². The van der Waals surface area contributed by atoms with Crippen LogP contribution < -0.4 is 0 Å². The van der Waals surface area contributed by atoms with Gasteiger partial charge in [-0.1, -0.05) is 0 Å². The van der Waals surface area contributed by atoms with Crippen molar-refractivity contribution >= 4 is 12.4 Å². The van der Waals surface area contributed by atoms with Crippen LogP contribution in [0.4, 0.5) is 0 Å². The first-order valence-corrected chi connectivity index (χ1v) is 8.32.